The molecule has 0 bridgehead atoms. The van der Waals surface area contributed by atoms with Crippen molar-refractivity contribution in [2.75, 3.05) is 0 Å². The second-order valence-electron chi connectivity index (χ2n) is 3.47. The lowest BCUT2D eigenvalue weighted by molar-refractivity contribution is -0.137. The van der Waals surface area contributed by atoms with Crippen LogP contribution in [0.25, 0.3) is 5.69 Å². The highest BCUT2D eigenvalue weighted by molar-refractivity contribution is 5.42. The van der Waals surface area contributed by atoms with Crippen LogP contribution in [-0.4, -0.2) is 4.57 Å². The Hall–Kier alpha value is -2.22. The van der Waals surface area contributed by atoms with Crippen molar-refractivity contribution >= 4 is 0 Å². The summed E-state index contributed by atoms with van der Waals surface area (Å²) in [4.78, 5) is 0. The Bertz CT molecular complexity index is 576. The molecule has 0 unspecified atom stereocenters. The van der Waals surface area contributed by atoms with Crippen LogP contribution in [0.15, 0.2) is 42.7 Å². The molecule has 0 aliphatic heterocycles. The predicted molar refractivity (Wildman–Crippen MR) is 55.5 cm³/mol. The van der Waals surface area contributed by atoms with Gasteiger partial charge in [0.25, 0.3) is 0 Å². The van der Waals surface area contributed by atoms with E-state index >= 15 is 0 Å². The van der Waals surface area contributed by atoms with E-state index < -0.39 is 11.7 Å². The summed E-state index contributed by atoms with van der Waals surface area (Å²) in [6.07, 6.45) is -2.03. The first-order chi connectivity index (χ1) is 8.00. The molecule has 0 amide bonds. The second-order valence-corrected chi connectivity index (χ2v) is 3.47. The third-order valence-electron chi connectivity index (χ3n) is 2.29. The van der Waals surface area contributed by atoms with Gasteiger partial charge < -0.3 is 4.57 Å². The van der Waals surface area contributed by atoms with Gasteiger partial charge in [-0.05, 0) is 24.3 Å². The molecule has 2 nitrogen and oxygen atoms in total. The first kappa shape index (κ1) is 11.3. The van der Waals surface area contributed by atoms with E-state index in [0.717, 1.165) is 12.3 Å². The molecule has 2 rings (SSSR count). The molecule has 0 saturated heterocycles. The molecule has 17 heavy (non-hydrogen) atoms. The summed E-state index contributed by atoms with van der Waals surface area (Å²) in [7, 11) is 0. The number of hydrogen-bond acceptors (Lipinski definition) is 1. The molecule has 1 heterocycles. The summed E-state index contributed by atoms with van der Waals surface area (Å²) < 4.78 is 38.5. The topological polar surface area (TPSA) is 28.7 Å². The first-order valence-corrected chi connectivity index (χ1v) is 4.76. The summed E-state index contributed by atoms with van der Waals surface area (Å²) in [6, 6.07) is 9.33. The molecule has 0 radical (unpaired) electrons. The summed E-state index contributed by atoms with van der Waals surface area (Å²) in [6.45, 7) is 0. The number of alkyl halides is 3. The molecule has 2 aromatic rings. The lowest BCUT2D eigenvalue weighted by atomic mass is 10.2. The average molecular weight is 236 g/mol. The minimum Gasteiger partial charge on any atom is -0.323 e. The van der Waals surface area contributed by atoms with Gasteiger partial charge in [-0.1, -0.05) is 6.07 Å². The molecular formula is C12H7F3N2. The zero-order valence-electron chi connectivity index (χ0n) is 8.57. The number of hydrogen-bond donors (Lipinski definition) is 0. The fraction of sp³-hybridized carbons (Fsp3) is 0.0833. The van der Waals surface area contributed by atoms with Gasteiger partial charge in [-0.3, -0.25) is 0 Å². The minimum absolute atomic E-state index is 0.407. The molecule has 0 spiro atoms. The van der Waals surface area contributed by atoms with E-state index in [1.165, 1.54) is 16.8 Å². The van der Waals surface area contributed by atoms with Gasteiger partial charge in [0.15, 0.2) is 0 Å². The van der Waals surface area contributed by atoms with Crippen LogP contribution in [-0.2, 0) is 6.18 Å². The molecule has 0 aliphatic carbocycles. The number of halogens is 3. The fourth-order valence-corrected chi connectivity index (χ4v) is 1.46. The van der Waals surface area contributed by atoms with E-state index in [2.05, 4.69) is 0 Å². The minimum atomic E-state index is -4.35. The highest BCUT2D eigenvalue weighted by Crippen LogP contribution is 2.30. The molecular weight excluding hydrogens is 229 g/mol. The maximum atomic E-state index is 12.4. The van der Waals surface area contributed by atoms with Gasteiger partial charge in [0.1, 0.15) is 0 Å². The van der Waals surface area contributed by atoms with Crippen molar-refractivity contribution in [1.29, 1.82) is 5.26 Å². The zero-order chi connectivity index (χ0) is 12.5. The number of rotatable bonds is 1. The maximum absolute atomic E-state index is 12.4. The van der Waals surface area contributed by atoms with Crippen molar-refractivity contribution in [1.82, 2.24) is 4.57 Å². The van der Waals surface area contributed by atoms with Crippen LogP contribution in [0.5, 0.6) is 0 Å². The van der Waals surface area contributed by atoms with E-state index in [9.17, 15) is 13.2 Å². The molecule has 0 N–H and O–H groups in total. The maximum Gasteiger partial charge on any atom is 0.417 e. The zero-order valence-corrected chi connectivity index (χ0v) is 8.57. The van der Waals surface area contributed by atoms with E-state index in [-0.39, 0.29) is 0 Å². The number of nitrogens with zero attached hydrogens (tertiary/aromatic N) is 2. The van der Waals surface area contributed by atoms with Gasteiger partial charge in [-0.25, -0.2) is 0 Å². The van der Waals surface area contributed by atoms with Crippen molar-refractivity contribution in [3.05, 3.63) is 53.9 Å². The van der Waals surface area contributed by atoms with Crippen molar-refractivity contribution in [3.63, 3.8) is 0 Å². The predicted octanol–water partition coefficient (Wildman–Crippen LogP) is 3.37. The lowest BCUT2D eigenvalue weighted by Gasteiger charge is -2.04. The molecule has 0 fully saturated rings. The van der Waals surface area contributed by atoms with Crippen LogP contribution in [0.2, 0.25) is 0 Å². The second kappa shape index (κ2) is 3.98. The Labute approximate surface area is 95.5 Å². The van der Waals surface area contributed by atoms with Gasteiger partial charge in [0.2, 0.25) is 0 Å². The average Bonchev–Trinajstić information content (AvgIpc) is 2.78. The van der Waals surface area contributed by atoms with E-state index in [1.54, 1.807) is 18.2 Å². The van der Waals surface area contributed by atoms with E-state index in [1.807, 2.05) is 6.07 Å². The Kier molecular flexibility index (Phi) is 2.64. The van der Waals surface area contributed by atoms with Crippen LogP contribution in [0.1, 0.15) is 11.1 Å². The van der Waals surface area contributed by atoms with Gasteiger partial charge in [-0.2, -0.15) is 18.4 Å². The Morgan fingerprint density at radius 2 is 1.94 bits per heavy atom. The number of aromatic nitrogens is 1. The molecule has 5 heteroatoms. The lowest BCUT2D eigenvalue weighted by Crippen LogP contribution is -2.02. The summed E-state index contributed by atoms with van der Waals surface area (Å²) in [5.74, 6) is 0. The Morgan fingerprint density at radius 3 is 2.53 bits per heavy atom. The highest BCUT2D eigenvalue weighted by Gasteiger charge is 2.31. The molecule has 86 valence electrons. The Balaban J connectivity index is 2.41. The van der Waals surface area contributed by atoms with Crippen molar-refractivity contribution in [2.45, 2.75) is 6.18 Å². The van der Waals surface area contributed by atoms with Crippen LogP contribution < -0.4 is 0 Å². The number of benzene rings is 1. The van der Waals surface area contributed by atoms with Crippen molar-refractivity contribution in [3.8, 4) is 11.8 Å². The van der Waals surface area contributed by atoms with Gasteiger partial charge in [0.05, 0.1) is 17.2 Å². The molecule has 1 aromatic carbocycles. The SMILES string of the molecule is N#Cc1cccc(-n2ccc(C(F)(F)F)c2)c1. The fourth-order valence-electron chi connectivity index (χ4n) is 1.46. The monoisotopic (exact) mass is 236 g/mol. The molecule has 0 atom stereocenters. The summed E-state index contributed by atoms with van der Waals surface area (Å²) >= 11 is 0. The van der Waals surface area contributed by atoms with Crippen LogP contribution >= 0.6 is 0 Å². The van der Waals surface area contributed by atoms with E-state index in [0.29, 0.717) is 11.3 Å². The quantitative estimate of drug-likeness (QED) is 0.746. The van der Waals surface area contributed by atoms with Crippen LogP contribution in [0.3, 0.4) is 0 Å². The van der Waals surface area contributed by atoms with Crippen molar-refractivity contribution < 1.29 is 13.2 Å². The summed E-state index contributed by atoms with van der Waals surface area (Å²) in [5, 5.41) is 8.70. The van der Waals surface area contributed by atoms with Gasteiger partial charge >= 0.3 is 6.18 Å². The van der Waals surface area contributed by atoms with Crippen molar-refractivity contribution in [2.24, 2.45) is 0 Å². The third kappa shape index (κ3) is 2.31. The molecule has 1 aromatic heterocycles. The third-order valence-corrected chi connectivity index (χ3v) is 2.29. The molecule has 0 aliphatic rings. The largest absolute Gasteiger partial charge is 0.417 e. The highest BCUT2D eigenvalue weighted by atomic mass is 19.4. The normalized spacial score (nSPS) is 11.2. The smallest absolute Gasteiger partial charge is 0.323 e. The summed E-state index contributed by atoms with van der Waals surface area (Å²) in [5.41, 5.74) is 0.226. The van der Waals surface area contributed by atoms with Crippen LogP contribution in [0.4, 0.5) is 13.2 Å². The number of nitriles is 1. The van der Waals surface area contributed by atoms with E-state index in [4.69, 9.17) is 5.26 Å². The van der Waals surface area contributed by atoms with Crippen LogP contribution in [0, 0.1) is 11.3 Å². The van der Waals surface area contributed by atoms with Gasteiger partial charge in [0, 0.05) is 18.1 Å². The molecule has 0 saturated carbocycles. The standard InChI is InChI=1S/C12H7F3N2/c13-12(14,15)10-4-5-17(8-10)11-3-1-2-9(6-11)7-16/h1-6,8H. The Morgan fingerprint density at radius 1 is 1.18 bits per heavy atom. The first-order valence-electron chi connectivity index (χ1n) is 4.76. The van der Waals surface area contributed by atoms with Gasteiger partial charge in [-0.15, -0.1) is 0 Å².